The van der Waals surface area contributed by atoms with Gasteiger partial charge in [-0.15, -0.1) is 0 Å². The Balaban J connectivity index is 2.30. The largest absolute Gasteiger partial charge is 0.380 e. The molecule has 0 radical (unpaired) electrons. The van der Waals surface area contributed by atoms with Gasteiger partial charge in [0.15, 0.2) is 0 Å². The van der Waals surface area contributed by atoms with Crippen LogP contribution in [0, 0.1) is 10.1 Å². The molecule has 3 rings (SSSR count). The fraction of sp³-hybridized carbons (Fsp3) is 0.222. The van der Waals surface area contributed by atoms with E-state index in [2.05, 4.69) is 0 Å². The number of fused-ring (bicyclic) bond motifs is 1. The van der Waals surface area contributed by atoms with E-state index in [9.17, 15) is 19.7 Å². The summed E-state index contributed by atoms with van der Waals surface area (Å²) in [5.74, 6) is 0. The molecule has 0 amide bonds. The van der Waals surface area contributed by atoms with Crippen molar-refractivity contribution in [3.8, 4) is 5.69 Å². The fourth-order valence-electron chi connectivity index (χ4n) is 2.80. The molecule has 3 aromatic rings. The number of non-ortho nitro benzene ring substituents is 1. The maximum Gasteiger partial charge on any atom is 0.336 e. The van der Waals surface area contributed by atoms with E-state index in [1.807, 2.05) is 6.92 Å². The van der Waals surface area contributed by atoms with Crippen LogP contribution < -0.4 is 11.2 Å². The number of rotatable bonds is 6. The maximum atomic E-state index is 13.0. The predicted molar refractivity (Wildman–Crippen MR) is 97.0 cm³/mol. The van der Waals surface area contributed by atoms with Crippen molar-refractivity contribution in [3.63, 3.8) is 0 Å². The Kier molecular flexibility index (Phi) is 4.94. The number of hydrogen-bond acceptors (Lipinski definition) is 5. The number of nitrogens with zero attached hydrogens (tertiary/aromatic N) is 3. The topological polar surface area (TPSA) is 96.4 Å². The van der Waals surface area contributed by atoms with Crippen LogP contribution >= 0.6 is 0 Å². The first-order valence-electron chi connectivity index (χ1n) is 8.11. The van der Waals surface area contributed by atoms with E-state index < -0.39 is 16.2 Å². The molecular weight excluding hydrogens is 338 g/mol. The van der Waals surface area contributed by atoms with Gasteiger partial charge in [0.1, 0.15) is 0 Å². The number of aromatic nitrogens is 2. The van der Waals surface area contributed by atoms with Crippen molar-refractivity contribution in [3.05, 3.63) is 79.5 Å². The zero-order valence-electron chi connectivity index (χ0n) is 14.1. The Hall–Kier alpha value is -3.26. The normalized spacial score (nSPS) is 11.0. The molecule has 1 aromatic heterocycles. The summed E-state index contributed by atoms with van der Waals surface area (Å²) in [6.45, 7) is 2.62. The third kappa shape index (κ3) is 3.14. The summed E-state index contributed by atoms with van der Waals surface area (Å²) in [7, 11) is 0. The lowest BCUT2D eigenvalue weighted by Crippen LogP contribution is -2.40. The lowest BCUT2D eigenvalue weighted by atomic mass is 10.2. The number of benzene rings is 2. The van der Waals surface area contributed by atoms with Gasteiger partial charge < -0.3 is 4.74 Å². The molecule has 8 heteroatoms. The van der Waals surface area contributed by atoms with E-state index >= 15 is 0 Å². The first-order valence-corrected chi connectivity index (χ1v) is 8.11. The van der Waals surface area contributed by atoms with Gasteiger partial charge in [0.05, 0.1) is 34.7 Å². The van der Waals surface area contributed by atoms with Crippen molar-refractivity contribution in [2.75, 3.05) is 13.2 Å². The van der Waals surface area contributed by atoms with E-state index in [1.54, 1.807) is 30.3 Å². The highest BCUT2D eigenvalue weighted by molar-refractivity contribution is 5.79. The van der Waals surface area contributed by atoms with Gasteiger partial charge >= 0.3 is 5.69 Å². The van der Waals surface area contributed by atoms with Crippen LogP contribution in [0.4, 0.5) is 5.69 Å². The van der Waals surface area contributed by atoms with Gasteiger partial charge in [0.25, 0.3) is 11.2 Å². The molecule has 0 bridgehead atoms. The Morgan fingerprint density at radius 2 is 1.88 bits per heavy atom. The van der Waals surface area contributed by atoms with Crippen molar-refractivity contribution in [1.29, 1.82) is 0 Å². The smallest absolute Gasteiger partial charge is 0.336 e. The van der Waals surface area contributed by atoms with Crippen LogP contribution in [0.2, 0.25) is 0 Å². The molecule has 1 heterocycles. The van der Waals surface area contributed by atoms with Crippen LogP contribution in [0.5, 0.6) is 0 Å². The number of nitro benzene ring substituents is 1. The molecule has 134 valence electrons. The van der Waals surface area contributed by atoms with E-state index in [0.29, 0.717) is 23.2 Å². The quantitative estimate of drug-likeness (QED) is 0.383. The van der Waals surface area contributed by atoms with Crippen LogP contribution in [0.3, 0.4) is 0 Å². The van der Waals surface area contributed by atoms with Gasteiger partial charge in [-0.25, -0.2) is 4.79 Å². The second-order valence-electron chi connectivity index (χ2n) is 5.57. The summed E-state index contributed by atoms with van der Waals surface area (Å²) >= 11 is 0. The summed E-state index contributed by atoms with van der Waals surface area (Å²) < 4.78 is 7.67. The van der Waals surface area contributed by atoms with Gasteiger partial charge in [0, 0.05) is 18.7 Å². The molecule has 8 nitrogen and oxygen atoms in total. The number of hydrogen-bond donors (Lipinski definition) is 0. The molecule has 0 aliphatic heterocycles. The molecule has 0 atom stereocenters. The summed E-state index contributed by atoms with van der Waals surface area (Å²) in [4.78, 5) is 36.2. The molecule has 0 unspecified atom stereocenters. The zero-order valence-corrected chi connectivity index (χ0v) is 14.1. The highest BCUT2D eigenvalue weighted by Gasteiger charge is 2.16. The average Bonchev–Trinajstić information content (AvgIpc) is 2.65. The molecule has 0 aliphatic rings. The van der Waals surface area contributed by atoms with Crippen LogP contribution in [-0.2, 0) is 11.3 Å². The number of nitro groups is 1. The van der Waals surface area contributed by atoms with Crippen molar-refractivity contribution >= 4 is 16.6 Å². The van der Waals surface area contributed by atoms with Crippen molar-refractivity contribution in [2.45, 2.75) is 13.5 Å². The summed E-state index contributed by atoms with van der Waals surface area (Å²) in [5.41, 5.74) is -0.382. The summed E-state index contributed by atoms with van der Waals surface area (Å²) in [6, 6.07) is 12.4. The van der Waals surface area contributed by atoms with Gasteiger partial charge in [-0.2, -0.15) is 0 Å². The second-order valence-corrected chi connectivity index (χ2v) is 5.57. The number of ether oxygens (including phenoxy) is 1. The third-order valence-corrected chi connectivity index (χ3v) is 4.00. The molecular formula is C18H17N3O5. The van der Waals surface area contributed by atoms with E-state index in [1.165, 1.54) is 22.8 Å². The number of para-hydroxylation sites is 1. The highest BCUT2D eigenvalue weighted by Crippen LogP contribution is 2.18. The summed E-state index contributed by atoms with van der Waals surface area (Å²) in [6.07, 6.45) is 0. The Morgan fingerprint density at radius 3 is 2.62 bits per heavy atom. The molecule has 0 saturated carbocycles. The Morgan fingerprint density at radius 1 is 1.12 bits per heavy atom. The van der Waals surface area contributed by atoms with Gasteiger partial charge in [-0.05, 0) is 25.1 Å². The standard InChI is InChI=1S/C18H17N3O5/c1-2-26-11-10-19-17(22)15-8-3-4-9-16(15)20(18(19)23)13-6-5-7-14(12-13)21(24)25/h3-9,12H,2,10-11H2,1H3. The molecule has 0 aliphatic carbocycles. The third-order valence-electron chi connectivity index (χ3n) is 4.00. The van der Waals surface area contributed by atoms with E-state index in [0.717, 1.165) is 4.57 Å². The molecule has 0 spiro atoms. The Labute approximate surface area is 148 Å². The Bertz CT molecular complexity index is 1080. The first kappa shape index (κ1) is 17.6. The molecule has 26 heavy (non-hydrogen) atoms. The van der Waals surface area contributed by atoms with Crippen LogP contribution in [0.25, 0.3) is 16.6 Å². The van der Waals surface area contributed by atoms with Crippen molar-refractivity contribution < 1.29 is 9.66 Å². The van der Waals surface area contributed by atoms with E-state index in [-0.39, 0.29) is 18.8 Å². The molecule has 0 fully saturated rings. The maximum absolute atomic E-state index is 13.0. The lowest BCUT2D eigenvalue weighted by molar-refractivity contribution is -0.384. The van der Waals surface area contributed by atoms with Gasteiger partial charge in [0.2, 0.25) is 0 Å². The van der Waals surface area contributed by atoms with Crippen molar-refractivity contribution in [1.82, 2.24) is 9.13 Å². The van der Waals surface area contributed by atoms with Gasteiger partial charge in [-0.1, -0.05) is 18.2 Å². The average molecular weight is 355 g/mol. The predicted octanol–water partition coefficient (Wildman–Crippen LogP) is 2.10. The van der Waals surface area contributed by atoms with Crippen LogP contribution in [0.1, 0.15) is 6.92 Å². The minimum atomic E-state index is -0.561. The van der Waals surface area contributed by atoms with Crippen LogP contribution in [0.15, 0.2) is 58.1 Å². The molecule has 2 aromatic carbocycles. The zero-order chi connectivity index (χ0) is 18.7. The summed E-state index contributed by atoms with van der Waals surface area (Å²) in [5, 5.41) is 11.4. The highest BCUT2D eigenvalue weighted by atomic mass is 16.6. The molecule has 0 N–H and O–H groups in total. The lowest BCUT2D eigenvalue weighted by Gasteiger charge is -2.14. The SMILES string of the molecule is CCOCCn1c(=O)c2ccccc2n(-c2cccc([N+](=O)[O-])c2)c1=O. The minimum absolute atomic E-state index is 0.102. The second kappa shape index (κ2) is 7.32. The monoisotopic (exact) mass is 355 g/mol. The van der Waals surface area contributed by atoms with Crippen molar-refractivity contribution in [2.24, 2.45) is 0 Å². The molecule has 0 saturated heterocycles. The minimum Gasteiger partial charge on any atom is -0.380 e. The van der Waals surface area contributed by atoms with E-state index in [4.69, 9.17) is 4.74 Å². The van der Waals surface area contributed by atoms with Crippen LogP contribution in [-0.4, -0.2) is 27.3 Å². The first-order chi connectivity index (χ1) is 12.5. The van der Waals surface area contributed by atoms with Gasteiger partial charge in [-0.3, -0.25) is 24.0 Å². The fourth-order valence-corrected chi connectivity index (χ4v) is 2.80.